The summed E-state index contributed by atoms with van der Waals surface area (Å²) in [5, 5.41) is 11.2. The van der Waals surface area contributed by atoms with Crippen LogP contribution in [0.2, 0.25) is 0 Å². The Morgan fingerprint density at radius 3 is 2.52 bits per heavy atom. The lowest BCUT2D eigenvalue weighted by molar-refractivity contribution is -0.268. The van der Waals surface area contributed by atoms with E-state index in [1.54, 1.807) is 7.11 Å². The smallest absolute Gasteiger partial charge is 0.137 e. The number of piperidine rings is 1. The fourth-order valence-corrected chi connectivity index (χ4v) is 3.26. The molecule has 1 aliphatic rings. The van der Waals surface area contributed by atoms with Crippen molar-refractivity contribution in [3.05, 3.63) is 65.7 Å². The molecule has 5 nitrogen and oxygen atoms in total. The molecule has 1 saturated heterocycles. The molecule has 132 valence electrons. The maximum absolute atomic E-state index is 11.2. The van der Waals surface area contributed by atoms with Crippen LogP contribution >= 0.6 is 0 Å². The fraction of sp³-hybridized carbons (Fsp3) is 0.350. The Morgan fingerprint density at radius 1 is 1.16 bits per heavy atom. The van der Waals surface area contributed by atoms with E-state index in [2.05, 4.69) is 12.1 Å². The number of hydrogen-bond donors (Lipinski definition) is 0. The largest absolute Gasteiger partial charge is 0.530 e. The first-order valence-corrected chi connectivity index (χ1v) is 8.43. The number of rotatable bonds is 5. The Hall–Kier alpha value is -2.53. The molecule has 0 spiro atoms. The van der Waals surface area contributed by atoms with Gasteiger partial charge in [0, 0.05) is 19.0 Å². The molecule has 1 heterocycles. The summed E-state index contributed by atoms with van der Waals surface area (Å²) in [6.07, 6.45) is -0.605. The zero-order chi connectivity index (χ0) is 17.6. The van der Waals surface area contributed by atoms with Crippen molar-refractivity contribution in [2.24, 2.45) is 0 Å². The highest BCUT2D eigenvalue weighted by Gasteiger charge is 2.31. The van der Waals surface area contributed by atoms with E-state index in [1.165, 1.54) is 10.5 Å². The van der Waals surface area contributed by atoms with Crippen LogP contribution in [0.3, 0.4) is 0 Å². The standard InChI is InChI=1S/C20H23NO4/c1-24-17-9-7-15(8-10-17)14-25-19-13-21(20(22)23)12-11-18(19)16-5-3-2-4-6-16/h2-10,18-19H,11-14H2,1H3,(H,22,23)/p-1. The van der Waals surface area contributed by atoms with Crippen LogP contribution in [-0.4, -0.2) is 37.3 Å². The molecule has 0 N–H and O–H groups in total. The number of nitrogens with zero attached hydrogens (tertiary/aromatic N) is 1. The van der Waals surface area contributed by atoms with Crippen LogP contribution in [-0.2, 0) is 11.3 Å². The second-order valence-corrected chi connectivity index (χ2v) is 6.22. The van der Waals surface area contributed by atoms with Crippen molar-refractivity contribution in [3.63, 3.8) is 0 Å². The van der Waals surface area contributed by atoms with E-state index >= 15 is 0 Å². The maximum Gasteiger partial charge on any atom is 0.137 e. The van der Waals surface area contributed by atoms with Gasteiger partial charge in [0.2, 0.25) is 0 Å². The van der Waals surface area contributed by atoms with Crippen molar-refractivity contribution in [3.8, 4) is 5.75 Å². The van der Waals surface area contributed by atoms with E-state index in [9.17, 15) is 9.90 Å². The highest BCUT2D eigenvalue weighted by Crippen LogP contribution is 2.31. The van der Waals surface area contributed by atoms with Crippen molar-refractivity contribution in [1.29, 1.82) is 0 Å². The average Bonchev–Trinajstić information content (AvgIpc) is 2.67. The van der Waals surface area contributed by atoms with Gasteiger partial charge < -0.3 is 24.3 Å². The molecule has 1 fully saturated rings. The Balaban J connectivity index is 1.71. The number of hydrogen-bond acceptors (Lipinski definition) is 4. The van der Waals surface area contributed by atoms with Crippen LogP contribution in [0.15, 0.2) is 54.6 Å². The molecule has 2 atom stereocenters. The second kappa shape index (κ2) is 8.03. The molecule has 25 heavy (non-hydrogen) atoms. The van der Waals surface area contributed by atoms with Gasteiger partial charge in [0.1, 0.15) is 11.8 Å². The van der Waals surface area contributed by atoms with Crippen LogP contribution in [0, 0.1) is 0 Å². The molecule has 2 aromatic carbocycles. The summed E-state index contributed by atoms with van der Waals surface area (Å²) in [7, 11) is 1.63. The lowest BCUT2D eigenvalue weighted by Gasteiger charge is -2.40. The number of methoxy groups -OCH3 is 1. The maximum atomic E-state index is 11.2. The molecule has 0 aliphatic carbocycles. The highest BCUT2D eigenvalue weighted by atomic mass is 16.5. The average molecular weight is 340 g/mol. The molecule has 1 aliphatic heterocycles. The van der Waals surface area contributed by atoms with Crippen LogP contribution in [0.4, 0.5) is 4.79 Å². The monoisotopic (exact) mass is 340 g/mol. The van der Waals surface area contributed by atoms with Crippen LogP contribution in [0.5, 0.6) is 5.75 Å². The predicted molar refractivity (Wildman–Crippen MR) is 92.3 cm³/mol. The number of carbonyl (C=O) groups is 1. The first-order chi connectivity index (χ1) is 12.2. The summed E-state index contributed by atoms with van der Waals surface area (Å²) < 4.78 is 11.3. The zero-order valence-corrected chi connectivity index (χ0v) is 14.3. The van der Waals surface area contributed by atoms with Gasteiger partial charge in [0.05, 0.1) is 19.8 Å². The van der Waals surface area contributed by atoms with Gasteiger partial charge in [-0.2, -0.15) is 0 Å². The lowest BCUT2D eigenvalue weighted by Crippen LogP contribution is -2.51. The molecular formula is C20H22NO4-. The molecule has 2 aromatic rings. The topological polar surface area (TPSA) is 61.8 Å². The molecule has 0 bridgehead atoms. The first kappa shape index (κ1) is 17.3. The molecule has 2 unspecified atom stereocenters. The molecule has 0 saturated carbocycles. The molecule has 5 heteroatoms. The highest BCUT2D eigenvalue weighted by molar-refractivity contribution is 5.62. The van der Waals surface area contributed by atoms with Gasteiger partial charge in [0.15, 0.2) is 0 Å². The van der Waals surface area contributed by atoms with Crippen LogP contribution < -0.4 is 9.84 Å². The van der Waals surface area contributed by atoms with Gasteiger partial charge in [-0.3, -0.25) is 0 Å². The number of carbonyl (C=O) groups excluding carboxylic acids is 1. The van der Waals surface area contributed by atoms with E-state index in [-0.39, 0.29) is 12.0 Å². The SMILES string of the molecule is COc1ccc(COC2CN(C(=O)[O-])CCC2c2ccccc2)cc1. The van der Waals surface area contributed by atoms with E-state index < -0.39 is 6.09 Å². The molecule has 3 rings (SSSR count). The van der Waals surface area contributed by atoms with Gasteiger partial charge in [0.25, 0.3) is 0 Å². The summed E-state index contributed by atoms with van der Waals surface area (Å²) >= 11 is 0. The van der Waals surface area contributed by atoms with Crippen LogP contribution in [0.1, 0.15) is 23.5 Å². The Morgan fingerprint density at radius 2 is 1.88 bits per heavy atom. The van der Waals surface area contributed by atoms with Crippen molar-refractivity contribution >= 4 is 6.09 Å². The third kappa shape index (κ3) is 4.31. The number of amides is 1. The van der Waals surface area contributed by atoms with Gasteiger partial charge >= 0.3 is 0 Å². The quantitative estimate of drug-likeness (QED) is 0.839. The minimum Gasteiger partial charge on any atom is -0.530 e. The predicted octanol–water partition coefficient (Wildman–Crippen LogP) is 2.41. The normalized spacial score (nSPS) is 20.3. The fourth-order valence-electron chi connectivity index (χ4n) is 3.26. The van der Waals surface area contributed by atoms with Crippen molar-refractivity contribution < 1.29 is 19.4 Å². The molecule has 1 amide bonds. The molecule has 0 radical (unpaired) electrons. The summed E-state index contributed by atoms with van der Waals surface area (Å²) in [4.78, 5) is 12.6. The van der Waals surface area contributed by atoms with Crippen molar-refractivity contribution in [2.75, 3.05) is 20.2 Å². The molecular weight excluding hydrogens is 318 g/mol. The number of carboxylic acid groups (broad SMARTS) is 1. The second-order valence-electron chi connectivity index (χ2n) is 6.22. The Bertz CT molecular complexity index is 687. The summed E-state index contributed by atoms with van der Waals surface area (Å²) in [6, 6.07) is 17.8. The summed E-state index contributed by atoms with van der Waals surface area (Å²) in [5.41, 5.74) is 2.21. The molecule has 0 aromatic heterocycles. The van der Waals surface area contributed by atoms with Crippen LogP contribution in [0.25, 0.3) is 0 Å². The third-order valence-corrected chi connectivity index (χ3v) is 4.67. The zero-order valence-electron chi connectivity index (χ0n) is 14.3. The number of likely N-dealkylation sites (tertiary alicyclic amines) is 1. The number of ether oxygens (including phenoxy) is 2. The van der Waals surface area contributed by atoms with Gasteiger partial charge in [-0.15, -0.1) is 0 Å². The summed E-state index contributed by atoms with van der Waals surface area (Å²) in [5.74, 6) is 0.974. The number of benzene rings is 2. The first-order valence-electron chi connectivity index (χ1n) is 8.43. The lowest BCUT2D eigenvalue weighted by atomic mass is 9.87. The summed E-state index contributed by atoms with van der Waals surface area (Å²) in [6.45, 7) is 1.24. The van der Waals surface area contributed by atoms with Gasteiger partial charge in [-0.25, -0.2) is 0 Å². The van der Waals surface area contributed by atoms with Gasteiger partial charge in [-0.1, -0.05) is 42.5 Å². The Labute approximate surface area is 147 Å². The minimum absolute atomic E-state index is 0.176. The van der Waals surface area contributed by atoms with E-state index in [4.69, 9.17) is 9.47 Å². The van der Waals surface area contributed by atoms with Gasteiger partial charge in [-0.05, 0) is 29.7 Å². The van der Waals surface area contributed by atoms with E-state index in [1.807, 2.05) is 42.5 Å². The van der Waals surface area contributed by atoms with Crippen molar-refractivity contribution in [2.45, 2.75) is 25.0 Å². The van der Waals surface area contributed by atoms with Crippen molar-refractivity contribution in [1.82, 2.24) is 4.90 Å². The van der Waals surface area contributed by atoms with E-state index in [0.717, 1.165) is 17.7 Å². The Kier molecular flexibility index (Phi) is 5.56. The van der Waals surface area contributed by atoms with E-state index in [0.29, 0.717) is 19.7 Å². The third-order valence-electron chi connectivity index (χ3n) is 4.67. The minimum atomic E-state index is -1.13.